The smallest absolute Gasteiger partial charge is 0.213 e. The first-order chi connectivity index (χ1) is 6.31. The van der Waals surface area contributed by atoms with Crippen molar-refractivity contribution in [2.45, 2.75) is 0 Å². The Labute approximate surface area is 75.4 Å². The van der Waals surface area contributed by atoms with Crippen molar-refractivity contribution in [3.05, 3.63) is 24.5 Å². The second kappa shape index (κ2) is 2.90. The Bertz CT molecular complexity index is 442. The summed E-state index contributed by atoms with van der Waals surface area (Å²) in [7, 11) is 1.57. The Balaban J connectivity index is 2.74. The summed E-state index contributed by atoms with van der Waals surface area (Å²) in [6.07, 6.45) is 3.30. The molecular weight excluding hydrogens is 166 g/mol. The molecule has 0 spiro atoms. The van der Waals surface area contributed by atoms with E-state index in [4.69, 9.17) is 10.5 Å². The molecule has 0 fully saturated rings. The van der Waals surface area contributed by atoms with Gasteiger partial charge in [0.2, 0.25) is 5.88 Å². The molecule has 0 aliphatic heterocycles. The van der Waals surface area contributed by atoms with Gasteiger partial charge < -0.3 is 10.5 Å². The van der Waals surface area contributed by atoms with Crippen LogP contribution in [0.2, 0.25) is 0 Å². The number of fused-ring (bicyclic) bond motifs is 1. The highest BCUT2D eigenvalue weighted by Crippen LogP contribution is 2.19. The highest BCUT2D eigenvalue weighted by atomic mass is 16.5. The maximum atomic E-state index is 5.70. The monoisotopic (exact) mass is 175 g/mol. The number of nitrogen functional groups attached to an aromatic ring is 1. The number of methoxy groups -OCH3 is 1. The van der Waals surface area contributed by atoms with Gasteiger partial charge in [-0.05, 0) is 6.07 Å². The number of anilines is 1. The van der Waals surface area contributed by atoms with Crippen LogP contribution in [-0.2, 0) is 0 Å². The molecule has 2 rings (SSSR count). The van der Waals surface area contributed by atoms with Gasteiger partial charge in [-0.2, -0.15) is 0 Å². The maximum Gasteiger partial charge on any atom is 0.213 e. The van der Waals surface area contributed by atoms with Gasteiger partial charge in [-0.25, -0.2) is 4.98 Å². The predicted octanol–water partition coefficient (Wildman–Crippen LogP) is 1.22. The van der Waals surface area contributed by atoms with Crippen molar-refractivity contribution < 1.29 is 4.74 Å². The summed E-state index contributed by atoms with van der Waals surface area (Å²) in [6, 6.07) is 3.66. The lowest BCUT2D eigenvalue weighted by Crippen LogP contribution is -1.93. The molecule has 0 saturated heterocycles. The van der Waals surface area contributed by atoms with Crippen LogP contribution < -0.4 is 10.5 Å². The van der Waals surface area contributed by atoms with Gasteiger partial charge in [-0.1, -0.05) is 0 Å². The third-order valence-electron chi connectivity index (χ3n) is 1.81. The first-order valence-electron chi connectivity index (χ1n) is 3.85. The van der Waals surface area contributed by atoms with Crippen molar-refractivity contribution >= 4 is 16.6 Å². The number of pyridine rings is 2. The Hall–Kier alpha value is -1.84. The Morgan fingerprint density at radius 3 is 2.92 bits per heavy atom. The van der Waals surface area contributed by atoms with E-state index in [0.29, 0.717) is 11.6 Å². The van der Waals surface area contributed by atoms with E-state index in [0.717, 1.165) is 10.9 Å². The van der Waals surface area contributed by atoms with Gasteiger partial charge in [0.1, 0.15) is 5.52 Å². The van der Waals surface area contributed by atoms with Gasteiger partial charge in [0, 0.05) is 17.6 Å². The summed E-state index contributed by atoms with van der Waals surface area (Å²) in [5, 5.41) is 0.917. The molecule has 66 valence electrons. The van der Waals surface area contributed by atoms with E-state index in [1.54, 1.807) is 25.6 Å². The molecule has 2 N–H and O–H groups in total. The number of aromatic nitrogens is 2. The summed E-state index contributed by atoms with van der Waals surface area (Å²) in [6.45, 7) is 0. The molecular formula is C9H9N3O. The SMILES string of the molecule is COc1ccc2cncc(N)c2n1. The number of nitrogens with two attached hydrogens (primary N) is 1. The van der Waals surface area contributed by atoms with E-state index < -0.39 is 0 Å². The molecule has 0 amide bonds. The van der Waals surface area contributed by atoms with Gasteiger partial charge in [0.25, 0.3) is 0 Å². The molecule has 0 radical (unpaired) electrons. The van der Waals surface area contributed by atoms with Crippen LogP contribution in [0.1, 0.15) is 0 Å². The second-order valence-electron chi connectivity index (χ2n) is 2.65. The first kappa shape index (κ1) is 7.79. The molecule has 0 aromatic carbocycles. The molecule has 4 nitrogen and oxygen atoms in total. The Morgan fingerprint density at radius 2 is 2.15 bits per heavy atom. The quantitative estimate of drug-likeness (QED) is 0.707. The molecule has 2 heterocycles. The van der Waals surface area contributed by atoms with Crippen molar-refractivity contribution in [3.8, 4) is 5.88 Å². The van der Waals surface area contributed by atoms with Gasteiger partial charge in [0.05, 0.1) is 19.0 Å². The molecule has 4 heteroatoms. The third kappa shape index (κ3) is 1.26. The van der Waals surface area contributed by atoms with Crippen molar-refractivity contribution in [2.24, 2.45) is 0 Å². The average Bonchev–Trinajstić information content (AvgIpc) is 2.18. The Kier molecular flexibility index (Phi) is 1.73. The summed E-state index contributed by atoms with van der Waals surface area (Å²) >= 11 is 0. The van der Waals surface area contributed by atoms with Crippen LogP contribution in [0.25, 0.3) is 10.9 Å². The van der Waals surface area contributed by atoms with Crippen molar-refractivity contribution in [1.82, 2.24) is 9.97 Å². The minimum Gasteiger partial charge on any atom is -0.481 e. The first-order valence-corrected chi connectivity index (χ1v) is 3.85. The van der Waals surface area contributed by atoms with Crippen LogP contribution in [0.5, 0.6) is 5.88 Å². The van der Waals surface area contributed by atoms with E-state index in [2.05, 4.69) is 9.97 Å². The number of hydrogen-bond acceptors (Lipinski definition) is 4. The highest BCUT2D eigenvalue weighted by Gasteiger charge is 2.00. The number of ether oxygens (including phenoxy) is 1. The van der Waals surface area contributed by atoms with Crippen LogP contribution in [0.15, 0.2) is 24.5 Å². The van der Waals surface area contributed by atoms with Crippen molar-refractivity contribution in [3.63, 3.8) is 0 Å². The van der Waals surface area contributed by atoms with Gasteiger partial charge in [0.15, 0.2) is 0 Å². The lowest BCUT2D eigenvalue weighted by molar-refractivity contribution is 0.399. The highest BCUT2D eigenvalue weighted by molar-refractivity contribution is 5.88. The number of nitrogens with zero attached hydrogens (tertiary/aromatic N) is 2. The van der Waals surface area contributed by atoms with E-state index in [1.165, 1.54) is 0 Å². The zero-order valence-corrected chi connectivity index (χ0v) is 7.19. The molecule has 0 bridgehead atoms. The molecule has 0 aliphatic carbocycles. The second-order valence-corrected chi connectivity index (χ2v) is 2.65. The molecule has 0 atom stereocenters. The lowest BCUT2D eigenvalue weighted by atomic mass is 10.2. The van der Waals surface area contributed by atoms with E-state index in [1.807, 2.05) is 6.07 Å². The molecule has 2 aromatic heterocycles. The van der Waals surface area contributed by atoms with E-state index in [-0.39, 0.29) is 0 Å². The largest absolute Gasteiger partial charge is 0.481 e. The fraction of sp³-hybridized carbons (Fsp3) is 0.111. The van der Waals surface area contributed by atoms with Crippen molar-refractivity contribution in [2.75, 3.05) is 12.8 Å². The van der Waals surface area contributed by atoms with Crippen LogP contribution in [0, 0.1) is 0 Å². The summed E-state index contributed by atoms with van der Waals surface area (Å²) in [4.78, 5) is 8.17. The number of rotatable bonds is 1. The standard InChI is InChI=1S/C9H9N3O/c1-13-8-3-2-6-4-11-5-7(10)9(6)12-8/h2-5H,10H2,1H3. The minimum absolute atomic E-state index is 0.561. The van der Waals surface area contributed by atoms with Crippen LogP contribution in [0.3, 0.4) is 0 Å². The summed E-state index contributed by atoms with van der Waals surface area (Å²) in [5.41, 5.74) is 7.00. The summed E-state index contributed by atoms with van der Waals surface area (Å²) in [5.74, 6) is 0.561. The molecule has 13 heavy (non-hydrogen) atoms. The van der Waals surface area contributed by atoms with Crippen LogP contribution >= 0.6 is 0 Å². The maximum absolute atomic E-state index is 5.70. The van der Waals surface area contributed by atoms with Crippen LogP contribution in [-0.4, -0.2) is 17.1 Å². The predicted molar refractivity (Wildman–Crippen MR) is 50.5 cm³/mol. The summed E-state index contributed by atoms with van der Waals surface area (Å²) < 4.78 is 4.99. The fourth-order valence-electron chi connectivity index (χ4n) is 1.16. The van der Waals surface area contributed by atoms with Gasteiger partial charge in [-0.3, -0.25) is 4.98 Å². The topological polar surface area (TPSA) is 61.0 Å². The minimum atomic E-state index is 0.561. The van der Waals surface area contributed by atoms with Gasteiger partial charge in [-0.15, -0.1) is 0 Å². The Morgan fingerprint density at radius 1 is 1.31 bits per heavy atom. The number of hydrogen-bond donors (Lipinski definition) is 1. The zero-order valence-electron chi connectivity index (χ0n) is 7.19. The fourth-order valence-corrected chi connectivity index (χ4v) is 1.16. The molecule has 0 aliphatic rings. The third-order valence-corrected chi connectivity index (χ3v) is 1.81. The average molecular weight is 175 g/mol. The molecule has 0 saturated carbocycles. The van der Waals surface area contributed by atoms with E-state index >= 15 is 0 Å². The normalized spacial score (nSPS) is 10.2. The van der Waals surface area contributed by atoms with E-state index in [9.17, 15) is 0 Å². The van der Waals surface area contributed by atoms with Crippen molar-refractivity contribution in [1.29, 1.82) is 0 Å². The zero-order chi connectivity index (χ0) is 9.26. The van der Waals surface area contributed by atoms with Gasteiger partial charge >= 0.3 is 0 Å². The molecule has 2 aromatic rings. The molecule has 0 unspecified atom stereocenters. The van der Waals surface area contributed by atoms with Crippen LogP contribution in [0.4, 0.5) is 5.69 Å². The lowest BCUT2D eigenvalue weighted by Gasteiger charge is -2.02.